The van der Waals surface area contributed by atoms with Crippen molar-refractivity contribution in [2.45, 2.75) is 32.8 Å². The molecule has 0 aromatic heterocycles. The van der Waals surface area contributed by atoms with E-state index in [-0.39, 0.29) is 6.42 Å². The van der Waals surface area contributed by atoms with Crippen LogP contribution in [0, 0.1) is 0 Å². The Balaban J connectivity index is 2.72. The number of hydrogen-bond donors (Lipinski definition) is 1. The topological polar surface area (TPSA) is 85.2 Å². The van der Waals surface area contributed by atoms with Gasteiger partial charge in [0.1, 0.15) is 0 Å². The van der Waals surface area contributed by atoms with Crippen LogP contribution in [0.3, 0.4) is 0 Å². The molecule has 6 heteroatoms. The lowest BCUT2D eigenvalue weighted by molar-refractivity contribution is -0.141. The first-order valence-electron chi connectivity index (χ1n) is 7.32. The zero-order valence-electron chi connectivity index (χ0n) is 13.3. The van der Waals surface area contributed by atoms with Crippen LogP contribution >= 0.6 is 0 Å². The van der Waals surface area contributed by atoms with Crippen LogP contribution < -0.4 is 0 Å². The number of carbonyl (C=O) groups excluding carboxylic acids is 2. The molecule has 23 heavy (non-hydrogen) atoms. The van der Waals surface area contributed by atoms with E-state index >= 15 is 0 Å². The Morgan fingerprint density at radius 3 is 2.61 bits per heavy atom. The maximum Gasteiger partial charge on any atom is 0.331 e. The second-order valence-electron chi connectivity index (χ2n) is 4.73. The SMILES string of the molecule is CCOC(=O)/C=C/C[C@@H](O)/C(Cc1ccccc1)=N\OC(C)=O. The monoisotopic (exact) mass is 319 g/mol. The van der Waals surface area contributed by atoms with Crippen molar-refractivity contribution in [2.75, 3.05) is 6.61 Å². The minimum absolute atomic E-state index is 0.158. The number of hydrogen-bond acceptors (Lipinski definition) is 6. The predicted molar refractivity (Wildman–Crippen MR) is 85.7 cm³/mol. The Kier molecular flexibility index (Phi) is 8.31. The van der Waals surface area contributed by atoms with E-state index in [1.807, 2.05) is 30.3 Å². The Hall–Kier alpha value is -2.47. The third-order valence-corrected chi connectivity index (χ3v) is 2.80. The molecule has 1 atom stereocenters. The number of nitrogens with zero attached hydrogens (tertiary/aromatic N) is 1. The molecule has 0 unspecified atom stereocenters. The molecular weight excluding hydrogens is 298 g/mol. The van der Waals surface area contributed by atoms with Crippen LogP contribution in [0.4, 0.5) is 0 Å². The molecule has 0 amide bonds. The fourth-order valence-electron chi connectivity index (χ4n) is 1.76. The van der Waals surface area contributed by atoms with E-state index in [1.165, 1.54) is 19.1 Å². The highest BCUT2D eigenvalue weighted by atomic mass is 16.7. The van der Waals surface area contributed by atoms with Gasteiger partial charge < -0.3 is 14.7 Å². The Labute approximate surface area is 135 Å². The molecule has 0 radical (unpaired) electrons. The number of esters is 1. The highest BCUT2D eigenvalue weighted by molar-refractivity contribution is 5.90. The maximum absolute atomic E-state index is 11.2. The summed E-state index contributed by atoms with van der Waals surface area (Å²) in [6.45, 7) is 3.24. The number of aliphatic hydroxyl groups excluding tert-OH is 1. The first-order chi connectivity index (χ1) is 11.0. The lowest BCUT2D eigenvalue weighted by Crippen LogP contribution is -2.23. The Bertz CT molecular complexity index is 566. The van der Waals surface area contributed by atoms with Crippen molar-refractivity contribution in [3.05, 3.63) is 48.0 Å². The number of oxime groups is 1. The van der Waals surface area contributed by atoms with Crippen molar-refractivity contribution in [2.24, 2.45) is 5.16 Å². The fourth-order valence-corrected chi connectivity index (χ4v) is 1.76. The summed E-state index contributed by atoms with van der Waals surface area (Å²) in [5, 5.41) is 13.9. The van der Waals surface area contributed by atoms with Crippen molar-refractivity contribution in [3.63, 3.8) is 0 Å². The van der Waals surface area contributed by atoms with Crippen LogP contribution in [-0.2, 0) is 25.6 Å². The number of rotatable bonds is 8. The van der Waals surface area contributed by atoms with E-state index in [4.69, 9.17) is 4.74 Å². The molecule has 1 aromatic rings. The Morgan fingerprint density at radius 1 is 1.30 bits per heavy atom. The van der Waals surface area contributed by atoms with Gasteiger partial charge in [0.15, 0.2) is 0 Å². The van der Waals surface area contributed by atoms with Gasteiger partial charge in [-0.15, -0.1) is 0 Å². The smallest absolute Gasteiger partial charge is 0.331 e. The highest BCUT2D eigenvalue weighted by Gasteiger charge is 2.14. The fraction of sp³-hybridized carbons (Fsp3) is 0.353. The zero-order chi connectivity index (χ0) is 17.1. The molecule has 0 bridgehead atoms. The van der Waals surface area contributed by atoms with Crippen molar-refractivity contribution in [1.29, 1.82) is 0 Å². The summed E-state index contributed by atoms with van der Waals surface area (Å²) in [4.78, 5) is 26.8. The zero-order valence-corrected chi connectivity index (χ0v) is 13.3. The standard InChI is InChI=1S/C17H21NO5/c1-3-22-17(21)11-7-10-16(20)15(18-23-13(2)19)12-14-8-5-4-6-9-14/h4-9,11,16,20H,3,10,12H2,1-2H3/b11-7+,18-15-/t16-/m1/s1. The molecule has 0 aliphatic rings. The first kappa shape index (κ1) is 18.6. The predicted octanol–water partition coefficient (Wildman–Crippen LogP) is 2.02. The number of carbonyl (C=O) groups is 2. The van der Waals surface area contributed by atoms with Gasteiger partial charge in [-0.05, 0) is 18.9 Å². The van der Waals surface area contributed by atoms with Crippen molar-refractivity contribution in [3.8, 4) is 0 Å². The van der Waals surface area contributed by atoms with Gasteiger partial charge in [0.05, 0.1) is 18.4 Å². The molecule has 0 fully saturated rings. The third-order valence-electron chi connectivity index (χ3n) is 2.80. The minimum Gasteiger partial charge on any atom is -0.463 e. The summed E-state index contributed by atoms with van der Waals surface area (Å²) in [5.41, 5.74) is 1.23. The van der Waals surface area contributed by atoms with Crippen LogP contribution in [0.5, 0.6) is 0 Å². The summed E-state index contributed by atoms with van der Waals surface area (Å²) in [5.74, 6) is -1.04. The normalized spacial score (nSPS) is 12.9. The molecule has 1 rings (SSSR count). The number of aliphatic hydroxyl groups is 1. The molecule has 0 saturated carbocycles. The second kappa shape index (κ2) is 10.3. The van der Waals surface area contributed by atoms with Gasteiger partial charge in [0, 0.05) is 19.4 Å². The summed E-state index contributed by atoms with van der Waals surface area (Å²) in [6, 6.07) is 9.37. The molecule has 6 nitrogen and oxygen atoms in total. The lowest BCUT2D eigenvalue weighted by Gasteiger charge is -2.11. The summed E-state index contributed by atoms with van der Waals surface area (Å²) >= 11 is 0. The molecule has 1 aromatic carbocycles. The van der Waals surface area contributed by atoms with Gasteiger partial charge in [0.2, 0.25) is 0 Å². The van der Waals surface area contributed by atoms with E-state index in [2.05, 4.69) is 9.99 Å². The summed E-state index contributed by atoms with van der Waals surface area (Å²) < 4.78 is 4.75. The van der Waals surface area contributed by atoms with Gasteiger partial charge >= 0.3 is 11.9 Å². The summed E-state index contributed by atoms with van der Waals surface area (Å²) in [7, 11) is 0. The molecule has 0 saturated heterocycles. The number of benzene rings is 1. The first-order valence-corrected chi connectivity index (χ1v) is 7.32. The highest BCUT2D eigenvalue weighted by Crippen LogP contribution is 2.07. The molecular formula is C17H21NO5. The van der Waals surface area contributed by atoms with Crippen LogP contribution in [0.25, 0.3) is 0 Å². The van der Waals surface area contributed by atoms with Crippen molar-refractivity contribution >= 4 is 17.7 Å². The molecule has 0 spiro atoms. The van der Waals surface area contributed by atoms with Crippen LogP contribution in [0.2, 0.25) is 0 Å². The van der Waals surface area contributed by atoms with Crippen LogP contribution in [0.15, 0.2) is 47.6 Å². The third kappa shape index (κ3) is 7.92. The quantitative estimate of drug-likeness (QED) is 0.260. The van der Waals surface area contributed by atoms with Gasteiger partial charge in [-0.2, -0.15) is 0 Å². The van der Waals surface area contributed by atoms with Crippen LogP contribution in [-0.4, -0.2) is 35.5 Å². The molecule has 124 valence electrons. The van der Waals surface area contributed by atoms with E-state index < -0.39 is 18.0 Å². The average Bonchev–Trinajstić information content (AvgIpc) is 2.52. The van der Waals surface area contributed by atoms with E-state index in [0.29, 0.717) is 18.7 Å². The van der Waals surface area contributed by atoms with E-state index in [9.17, 15) is 14.7 Å². The van der Waals surface area contributed by atoms with Crippen molar-refractivity contribution in [1.82, 2.24) is 0 Å². The molecule has 0 heterocycles. The van der Waals surface area contributed by atoms with Crippen molar-refractivity contribution < 1.29 is 24.3 Å². The lowest BCUT2D eigenvalue weighted by atomic mass is 10.0. The van der Waals surface area contributed by atoms with Gasteiger partial charge in [-0.1, -0.05) is 41.6 Å². The Morgan fingerprint density at radius 2 is 2.00 bits per heavy atom. The molecule has 1 N–H and O–H groups in total. The molecule has 0 aliphatic carbocycles. The van der Waals surface area contributed by atoms with Gasteiger partial charge in [-0.25, -0.2) is 9.59 Å². The largest absolute Gasteiger partial charge is 0.463 e. The number of ether oxygens (including phenoxy) is 1. The average molecular weight is 319 g/mol. The minimum atomic E-state index is -0.972. The molecule has 0 aliphatic heterocycles. The maximum atomic E-state index is 11.2. The second-order valence-corrected chi connectivity index (χ2v) is 4.73. The van der Waals surface area contributed by atoms with E-state index in [1.54, 1.807) is 6.92 Å². The van der Waals surface area contributed by atoms with Gasteiger partial charge in [-0.3, -0.25) is 0 Å². The van der Waals surface area contributed by atoms with E-state index in [0.717, 1.165) is 5.56 Å². The summed E-state index contributed by atoms with van der Waals surface area (Å²) in [6.07, 6.45) is 2.27. The van der Waals surface area contributed by atoms with Crippen LogP contribution in [0.1, 0.15) is 25.8 Å². The van der Waals surface area contributed by atoms with Gasteiger partial charge in [0.25, 0.3) is 0 Å².